The molecule has 0 saturated carbocycles. The smallest absolute Gasteiger partial charge is 0.0441 e. The Morgan fingerprint density at radius 3 is 2.15 bits per heavy atom. The molecule has 0 heterocycles. The van der Waals surface area contributed by atoms with Gasteiger partial charge >= 0.3 is 0 Å². The van der Waals surface area contributed by atoms with E-state index in [0.717, 1.165) is 29.5 Å². The third-order valence-corrected chi connectivity index (χ3v) is 3.50. The van der Waals surface area contributed by atoms with E-state index in [-0.39, 0.29) is 0 Å². The Hall–Kier alpha value is -1.09. The van der Waals surface area contributed by atoms with Crippen LogP contribution < -0.4 is 10.6 Å². The van der Waals surface area contributed by atoms with Crippen molar-refractivity contribution in [3.63, 3.8) is 0 Å². The van der Waals surface area contributed by atoms with Crippen molar-refractivity contribution in [3.05, 3.63) is 57.0 Å². The summed E-state index contributed by atoms with van der Waals surface area (Å²) in [6, 6.07) is 11.2. The molecule has 0 aliphatic heterocycles. The molecule has 0 amide bonds. The first-order chi connectivity index (χ1) is 9.54. The summed E-state index contributed by atoms with van der Waals surface area (Å²) < 4.78 is 0. The van der Waals surface area contributed by atoms with Crippen LogP contribution in [-0.2, 0) is 0 Å². The quantitative estimate of drug-likeness (QED) is 0.710. The average Bonchev–Trinajstić information content (AvgIpc) is 2.37. The maximum atomic E-state index is 5.98. The Morgan fingerprint density at radius 2 is 1.45 bits per heavy atom. The van der Waals surface area contributed by atoms with Crippen LogP contribution >= 0.6 is 34.8 Å². The predicted octanol–water partition coefficient (Wildman–Crippen LogP) is 5.48. The fraction of sp³-hybridized carbons (Fsp3) is 0.200. The van der Waals surface area contributed by atoms with Gasteiger partial charge in [0.1, 0.15) is 0 Å². The summed E-state index contributed by atoms with van der Waals surface area (Å²) in [4.78, 5) is 0. The van der Waals surface area contributed by atoms with Gasteiger partial charge in [0, 0.05) is 39.5 Å². The molecule has 20 heavy (non-hydrogen) atoms. The molecule has 0 saturated heterocycles. The van der Waals surface area contributed by atoms with E-state index in [1.165, 1.54) is 5.56 Å². The summed E-state index contributed by atoms with van der Waals surface area (Å²) in [5.74, 6) is 0. The molecule has 2 nitrogen and oxygen atoms in total. The largest absolute Gasteiger partial charge is 0.383 e. The van der Waals surface area contributed by atoms with Crippen LogP contribution in [0.5, 0.6) is 0 Å². The first kappa shape index (κ1) is 15.3. The van der Waals surface area contributed by atoms with Crippen LogP contribution in [0.25, 0.3) is 0 Å². The minimum Gasteiger partial charge on any atom is -0.383 e. The predicted molar refractivity (Wildman–Crippen MR) is 89.6 cm³/mol. The number of nitrogens with one attached hydrogen (secondary N) is 2. The molecule has 0 aliphatic carbocycles. The zero-order chi connectivity index (χ0) is 14.5. The SMILES string of the molecule is Cc1ccc(Cl)cc1NCCNc1cc(Cl)cc(Cl)c1. The maximum absolute atomic E-state index is 5.98. The number of hydrogen-bond acceptors (Lipinski definition) is 2. The lowest BCUT2D eigenvalue weighted by atomic mass is 10.2. The standard InChI is InChI=1S/C15H15Cl3N2/c1-10-2-3-11(16)9-15(10)20-5-4-19-14-7-12(17)6-13(18)8-14/h2-3,6-9,19-20H,4-5H2,1H3. The highest BCUT2D eigenvalue weighted by atomic mass is 35.5. The van der Waals surface area contributed by atoms with Crippen molar-refractivity contribution in [2.45, 2.75) is 6.92 Å². The van der Waals surface area contributed by atoms with Crippen molar-refractivity contribution in [1.82, 2.24) is 0 Å². The lowest BCUT2D eigenvalue weighted by molar-refractivity contribution is 1.07. The van der Waals surface area contributed by atoms with Crippen molar-refractivity contribution in [2.24, 2.45) is 0 Å². The van der Waals surface area contributed by atoms with Crippen LogP contribution in [0.3, 0.4) is 0 Å². The second kappa shape index (κ2) is 7.07. The normalized spacial score (nSPS) is 10.4. The van der Waals surface area contributed by atoms with Gasteiger partial charge in [-0.3, -0.25) is 0 Å². The highest BCUT2D eigenvalue weighted by Crippen LogP contribution is 2.22. The molecule has 2 rings (SSSR count). The van der Waals surface area contributed by atoms with Crippen LogP contribution in [0.15, 0.2) is 36.4 Å². The molecule has 0 spiro atoms. The van der Waals surface area contributed by atoms with Crippen LogP contribution in [0.1, 0.15) is 5.56 Å². The molecule has 0 unspecified atom stereocenters. The Kier molecular flexibility index (Phi) is 5.41. The molecule has 0 atom stereocenters. The first-order valence-corrected chi connectivity index (χ1v) is 7.38. The van der Waals surface area contributed by atoms with E-state index in [9.17, 15) is 0 Å². The van der Waals surface area contributed by atoms with Crippen molar-refractivity contribution < 1.29 is 0 Å². The minimum atomic E-state index is 0.624. The fourth-order valence-electron chi connectivity index (χ4n) is 1.84. The van der Waals surface area contributed by atoms with Gasteiger partial charge < -0.3 is 10.6 Å². The molecular formula is C15H15Cl3N2. The number of hydrogen-bond donors (Lipinski definition) is 2. The van der Waals surface area contributed by atoms with Crippen molar-refractivity contribution in [1.29, 1.82) is 0 Å². The van der Waals surface area contributed by atoms with Gasteiger partial charge in [0.25, 0.3) is 0 Å². The summed E-state index contributed by atoms with van der Waals surface area (Å²) in [6.45, 7) is 3.57. The second-order valence-corrected chi connectivity index (χ2v) is 5.78. The molecule has 2 aromatic carbocycles. The lowest BCUT2D eigenvalue weighted by Crippen LogP contribution is -2.14. The molecule has 5 heteroatoms. The van der Waals surface area contributed by atoms with E-state index in [2.05, 4.69) is 10.6 Å². The molecule has 0 aromatic heterocycles. The summed E-state index contributed by atoms with van der Waals surface area (Å²) in [6.07, 6.45) is 0. The monoisotopic (exact) mass is 328 g/mol. The number of rotatable bonds is 5. The van der Waals surface area contributed by atoms with Gasteiger partial charge in [-0.2, -0.15) is 0 Å². The highest BCUT2D eigenvalue weighted by Gasteiger charge is 2.00. The third-order valence-electron chi connectivity index (χ3n) is 2.83. The van der Waals surface area contributed by atoms with Crippen LogP contribution in [0, 0.1) is 6.92 Å². The molecule has 2 N–H and O–H groups in total. The highest BCUT2D eigenvalue weighted by molar-refractivity contribution is 6.35. The Morgan fingerprint density at radius 1 is 0.800 bits per heavy atom. The van der Waals surface area contributed by atoms with Gasteiger partial charge in [0.15, 0.2) is 0 Å². The van der Waals surface area contributed by atoms with Crippen LogP contribution in [0.2, 0.25) is 15.1 Å². The van der Waals surface area contributed by atoms with E-state index < -0.39 is 0 Å². The van der Waals surface area contributed by atoms with Crippen molar-refractivity contribution >= 4 is 46.2 Å². The third kappa shape index (κ3) is 4.48. The maximum Gasteiger partial charge on any atom is 0.0441 e. The van der Waals surface area contributed by atoms with Crippen LogP contribution in [0.4, 0.5) is 11.4 Å². The number of anilines is 2. The lowest BCUT2D eigenvalue weighted by Gasteiger charge is -2.11. The van der Waals surface area contributed by atoms with Gasteiger partial charge in [-0.25, -0.2) is 0 Å². The van der Waals surface area contributed by atoms with E-state index in [4.69, 9.17) is 34.8 Å². The van der Waals surface area contributed by atoms with Crippen LogP contribution in [-0.4, -0.2) is 13.1 Å². The summed E-state index contributed by atoms with van der Waals surface area (Å²) in [7, 11) is 0. The summed E-state index contributed by atoms with van der Waals surface area (Å²) >= 11 is 17.9. The van der Waals surface area contributed by atoms with Gasteiger partial charge in [-0.15, -0.1) is 0 Å². The van der Waals surface area contributed by atoms with Gasteiger partial charge in [0.2, 0.25) is 0 Å². The Bertz CT molecular complexity index is 579. The van der Waals surface area contributed by atoms with Gasteiger partial charge in [-0.1, -0.05) is 40.9 Å². The zero-order valence-corrected chi connectivity index (χ0v) is 13.3. The number of aryl methyl sites for hydroxylation is 1. The second-order valence-electron chi connectivity index (χ2n) is 4.47. The van der Waals surface area contributed by atoms with Crippen molar-refractivity contribution in [2.75, 3.05) is 23.7 Å². The topological polar surface area (TPSA) is 24.1 Å². The molecule has 0 aliphatic rings. The Labute approximate surface area is 134 Å². The number of halogens is 3. The molecule has 0 radical (unpaired) electrons. The molecular weight excluding hydrogens is 315 g/mol. The van der Waals surface area contributed by atoms with Gasteiger partial charge in [0.05, 0.1) is 0 Å². The van der Waals surface area contributed by atoms with E-state index in [1.807, 2.05) is 37.3 Å². The van der Waals surface area contributed by atoms with Crippen molar-refractivity contribution in [3.8, 4) is 0 Å². The van der Waals surface area contributed by atoms with E-state index >= 15 is 0 Å². The van der Waals surface area contributed by atoms with E-state index in [1.54, 1.807) is 6.07 Å². The zero-order valence-electron chi connectivity index (χ0n) is 11.0. The molecule has 0 fully saturated rings. The summed E-state index contributed by atoms with van der Waals surface area (Å²) in [5, 5.41) is 8.58. The fourth-order valence-corrected chi connectivity index (χ4v) is 2.54. The molecule has 106 valence electrons. The Balaban J connectivity index is 1.86. The minimum absolute atomic E-state index is 0.624. The first-order valence-electron chi connectivity index (χ1n) is 6.24. The molecule has 0 bridgehead atoms. The summed E-state index contributed by atoms with van der Waals surface area (Å²) in [5.41, 5.74) is 3.12. The average molecular weight is 330 g/mol. The van der Waals surface area contributed by atoms with Gasteiger partial charge in [-0.05, 0) is 42.8 Å². The van der Waals surface area contributed by atoms with E-state index in [0.29, 0.717) is 10.0 Å². The number of benzene rings is 2. The molecule has 2 aromatic rings.